The normalized spacial score (nSPS) is 14.4. The van der Waals surface area contributed by atoms with E-state index >= 15 is 0 Å². The van der Waals surface area contributed by atoms with Gasteiger partial charge in [-0.3, -0.25) is 4.79 Å². The lowest BCUT2D eigenvalue weighted by Crippen LogP contribution is -2.39. The van der Waals surface area contributed by atoms with Crippen molar-refractivity contribution in [1.82, 2.24) is 14.5 Å². The van der Waals surface area contributed by atoms with E-state index in [1.54, 1.807) is 6.07 Å². The number of likely N-dealkylation sites (tertiary alicyclic amines) is 1. The maximum Gasteiger partial charge on any atom is 0.253 e. The summed E-state index contributed by atoms with van der Waals surface area (Å²) in [7, 11) is 0. The SMILES string of the molecule is CCOc1ccc(C(=O)N2CCC(Cn3ccnc3-c3ccccc3)CC2)cc1OCC. The quantitative estimate of drug-likeness (QED) is 0.507. The van der Waals surface area contributed by atoms with E-state index in [0.29, 0.717) is 36.2 Å². The maximum absolute atomic E-state index is 13.1. The zero-order chi connectivity index (χ0) is 22.3. The lowest BCUT2D eigenvalue weighted by Gasteiger charge is -2.32. The molecule has 168 valence electrons. The van der Waals surface area contributed by atoms with Crippen molar-refractivity contribution in [3.05, 3.63) is 66.5 Å². The number of imidazole rings is 1. The lowest BCUT2D eigenvalue weighted by atomic mass is 9.96. The van der Waals surface area contributed by atoms with Gasteiger partial charge in [-0.1, -0.05) is 30.3 Å². The van der Waals surface area contributed by atoms with Crippen LogP contribution in [0.2, 0.25) is 0 Å². The largest absolute Gasteiger partial charge is 0.490 e. The van der Waals surface area contributed by atoms with E-state index in [4.69, 9.17) is 9.47 Å². The van der Waals surface area contributed by atoms with Gasteiger partial charge in [-0.25, -0.2) is 4.98 Å². The highest BCUT2D eigenvalue weighted by molar-refractivity contribution is 5.95. The lowest BCUT2D eigenvalue weighted by molar-refractivity contribution is 0.0682. The van der Waals surface area contributed by atoms with E-state index in [9.17, 15) is 4.79 Å². The van der Waals surface area contributed by atoms with E-state index in [1.807, 2.05) is 55.3 Å². The first-order valence-corrected chi connectivity index (χ1v) is 11.4. The topological polar surface area (TPSA) is 56.6 Å². The van der Waals surface area contributed by atoms with Crippen LogP contribution in [0.25, 0.3) is 11.4 Å². The molecule has 4 rings (SSSR count). The first-order valence-electron chi connectivity index (χ1n) is 11.4. The van der Waals surface area contributed by atoms with Crippen molar-refractivity contribution in [3.63, 3.8) is 0 Å². The number of hydrogen-bond acceptors (Lipinski definition) is 4. The third-order valence-corrected chi connectivity index (χ3v) is 5.89. The zero-order valence-electron chi connectivity index (χ0n) is 18.9. The Morgan fingerprint density at radius 3 is 2.44 bits per heavy atom. The van der Waals surface area contributed by atoms with Crippen LogP contribution >= 0.6 is 0 Å². The van der Waals surface area contributed by atoms with Gasteiger partial charge in [0.25, 0.3) is 5.91 Å². The van der Waals surface area contributed by atoms with Gasteiger partial charge in [0.15, 0.2) is 11.5 Å². The number of benzene rings is 2. The Morgan fingerprint density at radius 2 is 1.72 bits per heavy atom. The van der Waals surface area contributed by atoms with Crippen LogP contribution in [-0.2, 0) is 6.54 Å². The first kappa shape index (κ1) is 21.9. The summed E-state index contributed by atoms with van der Waals surface area (Å²) in [4.78, 5) is 19.6. The molecule has 0 spiro atoms. The number of rotatable bonds is 8. The van der Waals surface area contributed by atoms with Crippen molar-refractivity contribution in [2.45, 2.75) is 33.2 Å². The molecule has 1 aliphatic rings. The van der Waals surface area contributed by atoms with Crippen LogP contribution in [0, 0.1) is 5.92 Å². The van der Waals surface area contributed by atoms with E-state index in [-0.39, 0.29) is 5.91 Å². The molecule has 6 heteroatoms. The fraction of sp³-hybridized carbons (Fsp3) is 0.385. The summed E-state index contributed by atoms with van der Waals surface area (Å²) >= 11 is 0. The average Bonchev–Trinajstić information content (AvgIpc) is 3.29. The Morgan fingerprint density at radius 1 is 1.00 bits per heavy atom. The van der Waals surface area contributed by atoms with Crippen molar-refractivity contribution in [2.75, 3.05) is 26.3 Å². The Labute approximate surface area is 189 Å². The zero-order valence-corrected chi connectivity index (χ0v) is 18.9. The van der Waals surface area contributed by atoms with E-state index in [2.05, 4.69) is 27.9 Å². The molecule has 1 saturated heterocycles. The summed E-state index contributed by atoms with van der Waals surface area (Å²) in [6.07, 6.45) is 5.87. The van der Waals surface area contributed by atoms with Crippen LogP contribution in [-0.4, -0.2) is 46.7 Å². The molecule has 32 heavy (non-hydrogen) atoms. The van der Waals surface area contributed by atoms with Crippen LogP contribution in [0.3, 0.4) is 0 Å². The molecule has 6 nitrogen and oxygen atoms in total. The summed E-state index contributed by atoms with van der Waals surface area (Å²) in [6.45, 7) is 7.39. The number of carbonyl (C=O) groups is 1. The minimum atomic E-state index is 0.0556. The molecule has 0 saturated carbocycles. The third-order valence-electron chi connectivity index (χ3n) is 5.89. The summed E-state index contributed by atoms with van der Waals surface area (Å²) in [6, 6.07) is 15.7. The Kier molecular flexibility index (Phi) is 7.10. The second-order valence-electron chi connectivity index (χ2n) is 8.03. The van der Waals surface area contributed by atoms with Gasteiger partial charge in [-0.15, -0.1) is 0 Å². The van der Waals surface area contributed by atoms with Crippen molar-refractivity contribution in [2.24, 2.45) is 5.92 Å². The highest BCUT2D eigenvalue weighted by Gasteiger charge is 2.25. The Bertz CT molecular complexity index is 1020. The van der Waals surface area contributed by atoms with Gasteiger partial charge in [0.2, 0.25) is 0 Å². The van der Waals surface area contributed by atoms with Gasteiger partial charge < -0.3 is 18.9 Å². The van der Waals surface area contributed by atoms with Crippen LogP contribution in [0.4, 0.5) is 0 Å². The van der Waals surface area contributed by atoms with Gasteiger partial charge in [-0.2, -0.15) is 0 Å². The summed E-state index contributed by atoms with van der Waals surface area (Å²) in [5.41, 5.74) is 1.78. The van der Waals surface area contributed by atoms with Gasteiger partial charge in [0, 0.05) is 43.2 Å². The molecule has 0 atom stereocenters. The monoisotopic (exact) mass is 433 g/mol. The summed E-state index contributed by atoms with van der Waals surface area (Å²) < 4.78 is 13.5. The Hall–Kier alpha value is -3.28. The fourth-order valence-corrected chi connectivity index (χ4v) is 4.27. The molecule has 2 aromatic carbocycles. The first-order chi connectivity index (χ1) is 15.7. The maximum atomic E-state index is 13.1. The highest BCUT2D eigenvalue weighted by atomic mass is 16.5. The molecule has 1 aliphatic heterocycles. The second-order valence-corrected chi connectivity index (χ2v) is 8.03. The van der Waals surface area contributed by atoms with Crippen LogP contribution < -0.4 is 9.47 Å². The molecule has 1 aromatic heterocycles. The predicted octanol–water partition coefficient (Wildman–Crippen LogP) is 4.90. The third kappa shape index (κ3) is 4.96. The van der Waals surface area contributed by atoms with Gasteiger partial charge in [0.05, 0.1) is 13.2 Å². The molecule has 2 heterocycles. The van der Waals surface area contributed by atoms with Gasteiger partial charge >= 0.3 is 0 Å². The van der Waals surface area contributed by atoms with E-state index in [0.717, 1.165) is 43.9 Å². The van der Waals surface area contributed by atoms with Gasteiger partial charge in [-0.05, 0) is 50.8 Å². The molecular formula is C26H31N3O3. The minimum absolute atomic E-state index is 0.0556. The number of hydrogen-bond donors (Lipinski definition) is 0. The number of nitrogens with zero attached hydrogens (tertiary/aromatic N) is 3. The van der Waals surface area contributed by atoms with Crippen molar-refractivity contribution < 1.29 is 14.3 Å². The molecule has 0 unspecified atom stereocenters. The van der Waals surface area contributed by atoms with Crippen molar-refractivity contribution >= 4 is 5.91 Å². The van der Waals surface area contributed by atoms with Crippen LogP contribution in [0.5, 0.6) is 11.5 Å². The van der Waals surface area contributed by atoms with E-state index < -0.39 is 0 Å². The smallest absolute Gasteiger partial charge is 0.253 e. The molecular weight excluding hydrogens is 402 g/mol. The molecule has 0 radical (unpaired) electrons. The molecule has 0 N–H and O–H groups in total. The molecule has 0 aliphatic carbocycles. The Balaban J connectivity index is 1.38. The predicted molar refractivity (Wildman–Crippen MR) is 125 cm³/mol. The molecule has 1 amide bonds. The number of amides is 1. The second kappa shape index (κ2) is 10.4. The van der Waals surface area contributed by atoms with Gasteiger partial charge in [0.1, 0.15) is 5.82 Å². The minimum Gasteiger partial charge on any atom is -0.490 e. The number of aromatic nitrogens is 2. The van der Waals surface area contributed by atoms with Crippen molar-refractivity contribution in [1.29, 1.82) is 0 Å². The molecule has 0 bridgehead atoms. The fourth-order valence-electron chi connectivity index (χ4n) is 4.27. The standard InChI is InChI=1S/C26H31N3O3/c1-3-31-23-11-10-22(18-24(23)32-4-2)26(30)28-15-12-20(13-16-28)19-29-17-14-27-25(29)21-8-6-5-7-9-21/h5-11,14,17-18,20H,3-4,12-13,15-16,19H2,1-2H3. The van der Waals surface area contributed by atoms with E-state index in [1.165, 1.54) is 0 Å². The highest BCUT2D eigenvalue weighted by Crippen LogP contribution is 2.30. The number of piperidine rings is 1. The average molecular weight is 434 g/mol. The summed E-state index contributed by atoms with van der Waals surface area (Å²) in [5.74, 6) is 2.89. The van der Waals surface area contributed by atoms with Crippen molar-refractivity contribution in [3.8, 4) is 22.9 Å². The molecule has 3 aromatic rings. The number of ether oxygens (including phenoxy) is 2. The van der Waals surface area contributed by atoms with Crippen LogP contribution in [0.15, 0.2) is 60.9 Å². The number of carbonyl (C=O) groups excluding carboxylic acids is 1. The molecule has 1 fully saturated rings. The summed E-state index contributed by atoms with van der Waals surface area (Å²) in [5, 5.41) is 0. The van der Waals surface area contributed by atoms with Crippen LogP contribution in [0.1, 0.15) is 37.0 Å².